The number of alkyl halides is 3. The van der Waals surface area contributed by atoms with Crippen molar-refractivity contribution in [1.82, 2.24) is 13.9 Å². The van der Waals surface area contributed by atoms with Crippen molar-refractivity contribution < 1.29 is 39.5 Å². The van der Waals surface area contributed by atoms with Crippen LogP contribution in [0.4, 0.5) is 13.2 Å². The van der Waals surface area contributed by atoms with Gasteiger partial charge in [0.05, 0.1) is 41.7 Å². The van der Waals surface area contributed by atoms with E-state index in [-0.39, 0.29) is 43.0 Å². The fourth-order valence-corrected chi connectivity index (χ4v) is 8.33. The van der Waals surface area contributed by atoms with Gasteiger partial charge >= 0.3 is 6.18 Å². The molecule has 2 aromatic carbocycles. The third-order valence-electron chi connectivity index (χ3n) is 8.18. The molecule has 2 aromatic rings. The molecule has 1 N–H and O–H groups in total. The molecule has 3 aliphatic heterocycles. The highest BCUT2D eigenvalue weighted by Crippen LogP contribution is 2.43. The Balaban J connectivity index is 1.49. The van der Waals surface area contributed by atoms with Gasteiger partial charge in [-0.05, 0) is 67.1 Å². The zero-order chi connectivity index (χ0) is 30.4. The SMILES string of the molecule is C=CS(=O)(=O)NC[C@H]1CCCN1S(=O)(=O)c1ccc2c(c1)C1COCC(C)N1C(=O)C2Cc1ccc(C(F)(F)F)cc1. The average molecular weight is 628 g/mol. The Kier molecular flexibility index (Phi) is 8.31. The number of sulfonamides is 2. The highest BCUT2D eigenvalue weighted by atomic mass is 32.2. The van der Waals surface area contributed by atoms with E-state index in [1.54, 1.807) is 17.0 Å². The lowest BCUT2D eigenvalue weighted by molar-refractivity contribution is -0.149. The Hall–Kier alpha value is -2.78. The van der Waals surface area contributed by atoms with Crippen LogP contribution in [0.3, 0.4) is 0 Å². The lowest BCUT2D eigenvalue weighted by atomic mass is 9.80. The van der Waals surface area contributed by atoms with Gasteiger partial charge in [0.25, 0.3) is 0 Å². The first-order valence-corrected chi connectivity index (χ1v) is 16.6. The van der Waals surface area contributed by atoms with Crippen molar-refractivity contribution in [2.45, 2.75) is 61.3 Å². The molecule has 14 heteroatoms. The van der Waals surface area contributed by atoms with Gasteiger partial charge in [-0.15, -0.1) is 0 Å². The second kappa shape index (κ2) is 11.4. The maximum atomic E-state index is 13.8. The number of carbonyl (C=O) groups is 1. The van der Waals surface area contributed by atoms with E-state index in [0.29, 0.717) is 36.1 Å². The molecule has 3 aliphatic rings. The quantitative estimate of drug-likeness (QED) is 0.479. The first kappa shape index (κ1) is 30.7. The zero-order valence-corrected chi connectivity index (χ0v) is 24.5. The lowest BCUT2D eigenvalue weighted by Gasteiger charge is -2.47. The largest absolute Gasteiger partial charge is 0.416 e. The van der Waals surface area contributed by atoms with Gasteiger partial charge in [-0.2, -0.15) is 17.5 Å². The van der Waals surface area contributed by atoms with Gasteiger partial charge < -0.3 is 9.64 Å². The topological polar surface area (TPSA) is 113 Å². The highest BCUT2D eigenvalue weighted by Gasteiger charge is 2.45. The molecule has 0 spiro atoms. The third kappa shape index (κ3) is 5.87. The molecule has 9 nitrogen and oxygen atoms in total. The standard InChI is InChI=1S/C28H32F3N3O6S2/c1-3-41(36,37)32-15-21-5-4-12-33(21)42(38,39)22-10-11-23-24(14-22)26-17-40-16-18(2)34(26)27(35)25(23)13-19-6-8-20(9-7-19)28(29,30)31/h3,6-11,14,18,21,25-26,32H,1,4-5,12-13,15-17H2,2H3/t18?,21-,25?,26?/m1/s1. The van der Waals surface area contributed by atoms with E-state index in [4.69, 9.17) is 4.74 Å². The van der Waals surface area contributed by atoms with Crippen molar-refractivity contribution in [3.63, 3.8) is 0 Å². The average Bonchev–Trinajstić information content (AvgIpc) is 3.43. The van der Waals surface area contributed by atoms with E-state index in [9.17, 15) is 34.8 Å². The van der Waals surface area contributed by atoms with Crippen LogP contribution in [0.5, 0.6) is 0 Å². The second-order valence-corrected chi connectivity index (χ2v) is 14.5. The molecular weight excluding hydrogens is 595 g/mol. The van der Waals surface area contributed by atoms with Crippen LogP contribution in [-0.2, 0) is 42.2 Å². The molecule has 5 rings (SSSR count). The summed E-state index contributed by atoms with van der Waals surface area (Å²) in [5.41, 5.74) is 0.984. The molecule has 2 fully saturated rings. The van der Waals surface area contributed by atoms with Crippen molar-refractivity contribution in [3.05, 3.63) is 76.7 Å². The molecule has 0 bridgehead atoms. The van der Waals surface area contributed by atoms with E-state index < -0.39 is 49.8 Å². The van der Waals surface area contributed by atoms with Gasteiger partial charge in [0.15, 0.2) is 0 Å². The number of benzene rings is 2. The molecule has 2 saturated heterocycles. The van der Waals surface area contributed by atoms with Crippen molar-refractivity contribution in [1.29, 1.82) is 0 Å². The Morgan fingerprint density at radius 1 is 1.07 bits per heavy atom. The van der Waals surface area contributed by atoms with Crippen LogP contribution in [0.25, 0.3) is 0 Å². The number of halogens is 3. The molecule has 3 heterocycles. The summed E-state index contributed by atoms with van der Waals surface area (Å²) in [5, 5.41) is 0.769. The van der Waals surface area contributed by atoms with Crippen molar-refractivity contribution >= 4 is 26.0 Å². The van der Waals surface area contributed by atoms with Crippen molar-refractivity contribution in [2.75, 3.05) is 26.3 Å². The number of carbonyl (C=O) groups excluding carboxylic acids is 1. The Bertz CT molecular complexity index is 1580. The Labute approximate surface area is 243 Å². The minimum atomic E-state index is -4.48. The maximum absolute atomic E-state index is 13.8. The normalized spacial score (nSPS) is 25.2. The molecule has 42 heavy (non-hydrogen) atoms. The molecule has 0 aliphatic carbocycles. The fourth-order valence-electron chi connectivity index (χ4n) is 6.06. The van der Waals surface area contributed by atoms with Gasteiger partial charge in [0.2, 0.25) is 26.0 Å². The first-order valence-electron chi connectivity index (χ1n) is 13.6. The summed E-state index contributed by atoms with van der Waals surface area (Å²) < 4.78 is 100. The number of nitrogens with one attached hydrogen (secondary N) is 1. The molecule has 0 aromatic heterocycles. The fraction of sp³-hybridized carbons (Fsp3) is 0.464. The lowest BCUT2D eigenvalue weighted by Crippen LogP contribution is -2.53. The highest BCUT2D eigenvalue weighted by molar-refractivity contribution is 7.92. The summed E-state index contributed by atoms with van der Waals surface area (Å²) in [7, 11) is -7.77. The van der Waals surface area contributed by atoms with Crippen LogP contribution in [-0.4, -0.2) is 70.3 Å². The van der Waals surface area contributed by atoms with E-state index in [1.165, 1.54) is 22.5 Å². The summed E-state index contributed by atoms with van der Waals surface area (Å²) >= 11 is 0. The summed E-state index contributed by atoms with van der Waals surface area (Å²) in [6.45, 7) is 5.71. The monoisotopic (exact) mass is 627 g/mol. The van der Waals surface area contributed by atoms with Gasteiger partial charge in [-0.3, -0.25) is 4.79 Å². The number of fused-ring (bicyclic) bond motifs is 3. The summed E-state index contributed by atoms with van der Waals surface area (Å²) in [6.07, 6.45) is -3.29. The minimum Gasteiger partial charge on any atom is -0.377 e. The number of ether oxygens (including phenoxy) is 1. The summed E-state index contributed by atoms with van der Waals surface area (Å²) in [4.78, 5) is 15.5. The van der Waals surface area contributed by atoms with Crippen LogP contribution >= 0.6 is 0 Å². The molecule has 228 valence electrons. The minimum absolute atomic E-state index is 0.0144. The number of hydrogen-bond acceptors (Lipinski definition) is 6. The van der Waals surface area contributed by atoms with Crippen LogP contribution in [0.2, 0.25) is 0 Å². The molecule has 1 amide bonds. The van der Waals surface area contributed by atoms with Crippen LogP contribution < -0.4 is 4.72 Å². The molecule has 0 saturated carbocycles. The predicted octanol–water partition coefficient (Wildman–Crippen LogP) is 3.55. The van der Waals surface area contributed by atoms with E-state index in [2.05, 4.69) is 11.3 Å². The molecule has 0 radical (unpaired) electrons. The van der Waals surface area contributed by atoms with Crippen LogP contribution in [0.1, 0.15) is 54.0 Å². The molecule has 3 unspecified atom stereocenters. The maximum Gasteiger partial charge on any atom is 0.416 e. The van der Waals surface area contributed by atoms with Crippen molar-refractivity contribution in [2.24, 2.45) is 0 Å². The number of rotatable bonds is 8. The number of amides is 1. The smallest absolute Gasteiger partial charge is 0.377 e. The van der Waals surface area contributed by atoms with Gasteiger partial charge in [-0.1, -0.05) is 24.8 Å². The number of nitrogens with zero attached hydrogens (tertiary/aromatic N) is 2. The zero-order valence-electron chi connectivity index (χ0n) is 22.9. The Morgan fingerprint density at radius 3 is 2.45 bits per heavy atom. The summed E-state index contributed by atoms with van der Waals surface area (Å²) in [5.74, 6) is -0.911. The number of morpholine rings is 1. The first-order chi connectivity index (χ1) is 19.7. The second-order valence-electron chi connectivity index (χ2n) is 10.9. The van der Waals surface area contributed by atoms with Crippen LogP contribution in [0.15, 0.2) is 59.3 Å². The Morgan fingerprint density at radius 2 is 1.79 bits per heavy atom. The number of hydrogen-bond donors (Lipinski definition) is 1. The summed E-state index contributed by atoms with van der Waals surface area (Å²) in [6, 6.07) is 7.90. The van der Waals surface area contributed by atoms with E-state index in [1.807, 2.05) is 6.92 Å². The molecular formula is C28H32F3N3O6S2. The third-order valence-corrected chi connectivity index (χ3v) is 11.1. The van der Waals surface area contributed by atoms with Gasteiger partial charge in [-0.25, -0.2) is 21.6 Å². The van der Waals surface area contributed by atoms with Gasteiger partial charge in [0, 0.05) is 24.5 Å². The van der Waals surface area contributed by atoms with E-state index in [0.717, 1.165) is 17.5 Å². The van der Waals surface area contributed by atoms with E-state index >= 15 is 0 Å². The predicted molar refractivity (Wildman–Crippen MR) is 148 cm³/mol. The van der Waals surface area contributed by atoms with Gasteiger partial charge in [0.1, 0.15) is 0 Å². The van der Waals surface area contributed by atoms with Crippen molar-refractivity contribution in [3.8, 4) is 0 Å². The van der Waals surface area contributed by atoms with Crippen LogP contribution in [0, 0.1) is 0 Å². The molecule has 4 atom stereocenters.